The molecule has 0 aromatic carbocycles. The Hall–Kier alpha value is -0.492. The van der Waals surface area contributed by atoms with Crippen LogP contribution in [0.2, 0.25) is 0 Å². The maximum atomic E-state index is 5.67. The molecule has 21 heavy (non-hydrogen) atoms. The van der Waals surface area contributed by atoms with Gasteiger partial charge in [0.05, 0.1) is 0 Å². The topological polar surface area (TPSA) is 17.3 Å². The molecule has 0 fully saturated rings. The molecule has 0 spiro atoms. The summed E-state index contributed by atoms with van der Waals surface area (Å²) >= 11 is 1.57. The minimum atomic E-state index is 0.695. The van der Waals surface area contributed by atoms with E-state index in [1.807, 2.05) is 0 Å². The fraction of sp³-hybridized carbons (Fsp3) is 0.667. The predicted octanol–water partition coefficient (Wildman–Crippen LogP) is 4.91. The zero-order valence-electron chi connectivity index (χ0n) is 14.2. The molecule has 1 heterocycles. The Morgan fingerprint density at radius 1 is 1.19 bits per heavy atom. The van der Waals surface area contributed by atoms with Gasteiger partial charge in [0.2, 0.25) is 0 Å². The number of aromatic nitrogens is 1. The molecule has 0 radical (unpaired) electrons. The summed E-state index contributed by atoms with van der Waals surface area (Å²) in [5.41, 5.74) is 3.95. The van der Waals surface area contributed by atoms with Crippen LogP contribution in [0, 0.1) is 19.8 Å². The molecule has 0 amide bonds. The van der Waals surface area contributed by atoms with E-state index in [1.54, 1.807) is 23.3 Å². The predicted molar refractivity (Wildman–Crippen MR) is 89.7 cm³/mol. The molecule has 0 aliphatic rings. The summed E-state index contributed by atoms with van der Waals surface area (Å²) in [5, 5.41) is 0. The van der Waals surface area contributed by atoms with Crippen LogP contribution in [0.15, 0.2) is 4.99 Å². The van der Waals surface area contributed by atoms with E-state index >= 15 is 0 Å². The van der Waals surface area contributed by atoms with Crippen LogP contribution in [0.3, 0.4) is 0 Å². The molecular weight excluding hydrogens is 428 g/mol. The van der Waals surface area contributed by atoms with Gasteiger partial charge < -0.3 is 0 Å². The number of hydrogen-bond donors (Lipinski definition) is 0. The normalized spacial score (nSPS) is 11.1. The molecule has 1 aromatic rings. The third kappa shape index (κ3) is 4.25. The molecule has 2 nitrogen and oxygen atoms in total. The van der Waals surface area contributed by atoms with Crippen LogP contribution in [0.1, 0.15) is 69.2 Å². The van der Waals surface area contributed by atoms with Gasteiger partial charge >= 0.3 is 141 Å². The molecule has 0 saturated heterocycles. The standard InChI is InChI=1S/C18H29N2.W/c1-7-9-11-16(12-10-8-2)13-17-14(3)15(4)20(6)18(17)19-5;/h5,16H,7-12H2,1-4,6H3;/q-1;. The van der Waals surface area contributed by atoms with Crippen molar-refractivity contribution in [3.8, 4) is 0 Å². The van der Waals surface area contributed by atoms with Gasteiger partial charge in [-0.2, -0.15) is 0 Å². The summed E-state index contributed by atoms with van der Waals surface area (Å²) < 4.78 is 3.69. The van der Waals surface area contributed by atoms with E-state index in [4.69, 9.17) is 6.72 Å². The molecule has 0 aliphatic carbocycles. The van der Waals surface area contributed by atoms with Crippen molar-refractivity contribution in [3.63, 3.8) is 0 Å². The molecule has 0 bridgehead atoms. The average Bonchev–Trinajstić information content (AvgIpc) is 2.70. The summed E-state index contributed by atoms with van der Waals surface area (Å²) in [6.45, 7) is 14.6. The van der Waals surface area contributed by atoms with E-state index in [9.17, 15) is 0 Å². The van der Waals surface area contributed by atoms with Crippen molar-refractivity contribution in [3.05, 3.63) is 16.8 Å². The molecule has 1 rings (SSSR count). The SMILES string of the molecule is [CH-]=Nc1c([C](=[W])C(CCCC)CCCC)c(C)c(C)n1C. The van der Waals surface area contributed by atoms with Gasteiger partial charge in [0.1, 0.15) is 0 Å². The Kier molecular flexibility index (Phi) is 7.80. The Balaban J connectivity index is 3.13. The number of aliphatic imine (C=N–C) groups is 1. The molecule has 0 unspecified atom stereocenters. The van der Waals surface area contributed by atoms with Crippen molar-refractivity contribution >= 4 is 16.4 Å². The van der Waals surface area contributed by atoms with Gasteiger partial charge in [0.25, 0.3) is 0 Å². The molecular formula is C18H29N2W-. The zero-order valence-corrected chi connectivity index (χ0v) is 17.1. The van der Waals surface area contributed by atoms with Gasteiger partial charge in [-0.25, -0.2) is 0 Å². The molecule has 1 aromatic heterocycles. The van der Waals surface area contributed by atoms with Crippen LogP contribution in [0.5, 0.6) is 0 Å². The van der Waals surface area contributed by atoms with Crippen LogP contribution in [0.4, 0.5) is 5.82 Å². The van der Waals surface area contributed by atoms with E-state index in [1.165, 1.54) is 55.3 Å². The van der Waals surface area contributed by atoms with E-state index in [2.05, 4.69) is 44.3 Å². The molecule has 0 atom stereocenters. The van der Waals surface area contributed by atoms with Crippen LogP contribution < -0.4 is 0 Å². The van der Waals surface area contributed by atoms with Crippen molar-refractivity contribution in [2.75, 3.05) is 0 Å². The Labute approximate surface area is 141 Å². The van der Waals surface area contributed by atoms with Crippen LogP contribution in [0.25, 0.3) is 0 Å². The summed E-state index contributed by atoms with van der Waals surface area (Å²) in [7, 11) is 2.06. The van der Waals surface area contributed by atoms with Crippen LogP contribution in [-0.4, -0.2) is 15.2 Å². The van der Waals surface area contributed by atoms with Crippen LogP contribution >= 0.6 is 0 Å². The molecule has 3 heteroatoms. The third-order valence-electron chi connectivity index (χ3n) is 4.51. The molecule has 0 aliphatic heterocycles. The van der Waals surface area contributed by atoms with Crippen molar-refractivity contribution in [1.82, 2.24) is 4.57 Å². The number of rotatable bonds is 9. The first-order chi connectivity index (χ1) is 9.99. The van der Waals surface area contributed by atoms with Crippen molar-refractivity contribution < 1.29 is 19.4 Å². The van der Waals surface area contributed by atoms with Gasteiger partial charge in [0, 0.05) is 0 Å². The van der Waals surface area contributed by atoms with E-state index in [0.717, 1.165) is 5.82 Å². The van der Waals surface area contributed by atoms with Gasteiger partial charge in [-0.15, -0.1) is 0 Å². The first-order valence-electron chi connectivity index (χ1n) is 8.10. The van der Waals surface area contributed by atoms with Crippen LogP contribution in [-0.2, 0) is 26.4 Å². The minimum absolute atomic E-state index is 0.695. The quantitative estimate of drug-likeness (QED) is 0.370. The third-order valence-corrected chi connectivity index (χ3v) is 6.44. The monoisotopic (exact) mass is 457 g/mol. The fourth-order valence-corrected chi connectivity index (χ4v) is 4.61. The summed E-state index contributed by atoms with van der Waals surface area (Å²) in [6.07, 6.45) is 7.76. The Morgan fingerprint density at radius 2 is 1.71 bits per heavy atom. The fourth-order valence-electron chi connectivity index (χ4n) is 2.88. The zero-order chi connectivity index (χ0) is 16.0. The summed E-state index contributed by atoms with van der Waals surface area (Å²) in [6, 6.07) is 0. The second-order valence-electron chi connectivity index (χ2n) is 5.94. The van der Waals surface area contributed by atoms with E-state index < -0.39 is 0 Å². The molecule has 0 saturated carbocycles. The average molecular weight is 457 g/mol. The summed E-state index contributed by atoms with van der Waals surface area (Å²) in [4.78, 5) is 4.07. The van der Waals surface area contributed by atoms with Gasteiger partial charge in [0.15, 0.2) is 0 Å². The molecule has 118 valence electrons. The van der Waals surface area contributed by atoms with Crippen molar-refractivity contribution in [2.45, 2.75) is 66.2 Å². The second kappa shape index (κ2) is 8.83. The number of nitrogens with zero attached hydrogens (tertiary/aromatic N) is 2. The van der Waals surface area contributed by atoms with E-state index in [0.29, 0.717) is 5.92 Å². The first-order valence-corrected chi connectivity index (χ1v) is 9.57. The Morgan fingerprint density at radius 3 is 2.14 bits per heavy atom. The van der Waals surface area contributed by atoms with Crippen molar-refractivity contribution in [2.24, 2.45) is 18.0 Å². The van der Waals surface area contributed by atoms with Crippen molar-refractivity contribution in [1.29, 1.82) is 0 Å². The van der Waals surface area contributed by atoms with Gasteiger partial charge in [-0.1, -0.05) is 0 Å². The Bertz CT molecular complexity index is 492. The number of hydrogen-bond acceptors (Lipinski definition) is 1. The number of unbranched alkanes of at least 4 members (excludes halogenated alkanes) is 2. The summed E-state index contributed by atoms with van der Waals surface area (Å²) in [5.74, 6) is 1.65. The van der Waals surface area contributed by atoms with Gasteiger partial charge in [-0.05, 0) is 0 Å². The maximum absolute atomic E-state index is 5.67. The van der Waals surface area contributed by atoms with Gasteiger partial charge in [-0.3, -0.25) is 0 Å². The molecule has 0 N–H and O–H groups in total. The first kappa shape index (κ1) is 18.6. The second-order valence-corrected chi connectivity index (χ2v) is 7.52. The van der Waals surface area contributed by atoms with E-state index in [-0.39, 0.29) is 0 Å².